The Morgan fingerprint density at radius 1 is 1.18 bits per heavy atom. The number of hydrogen-bond donors (Lipinski definition) is 2. The molecule has 0 bridgehead atoms. The van der Waals surface area contributed by atoms with Crippen molar-refractivity contribution in [1.29, 1.82) is 0 Å². The van der Waals surface area contributed by atoms with Crippen LogP contribution >= 0.6 is 12.4 Å². The van der Waals surface area contributed by atoms with Crippen molar-refractivity contribution < 1.29 is 13.2 Å². The van der Waals surface area contributed by atoms with Crippen LogP contribution in [0.15, 0.2) is 57.8 Å². The summed E-state index contributed by atoms with van der Waals surface area (Å²) in [6.07, 6.45) is 0. The lowest BCUT2D eigenvalue weighted by Crippen LogP contribution is -2.52. The molecule has 148 valence electrons. The van der Waals surface area contributed by atoms with E-state index in [1.807, 2.05) is 11.8 Å². The summed E-state index contributed by atoms with van der Waals surface area (Å²) < 4.78 is 28.1. The molecule has 2 aromatic rings. The molecule has 1 saturated heterocycles. The van der Waals surface area contributed by atoms with Gasteiger partial charge in [-0.2, -0.15) is 8.42 Å². The summed E-state index contributed by atoms with van der Waals surface area (Å²) in [5.74, 6) is 0.294. The van der Waals surface area contributed by atoms with E-state index in [9.17, 15) is 13.2 Å². The van der Waals surface area contributed by atoms with Gasteiger partial charge >= 0.3 is 0 Å². The Kier molecular flexibility index (Phi) is 5.74. The zero-order valence-corrected chi connectivity index (χ0v) is 16.9. The Morgan fingerprint density at radius 3 is 2.61 bits per heavy atom. The summed E-state index contributed by atoms with van der Waals surface area (Å²) in [5.41, 5.74) is 1.83. The predicted molar refractivity (Wildman–Crippen MR) is 111 cm³/mol. The quantitative estimate of drug-likeness (QED) is 0.776. The van der Waals surface area contributed by atoms with Gasteiger partial charge in [0.15, 0.2) is 5.84 Å². The van der Waals surface area contributed by atoms with Crippen LogP contribution in [-0.4, -0.2) is 50.7 Å². The minimum absolute atomic E-state index is 0. The van der Waals surface area contributed by atoms with Crippen molar-refractivity contribution in [2.24, 2.45) is 4.40 Å². The molecule has 2 aromatic carbocycles. The lowest BCUT2D eigenvalue weighted by atomic mass is 10.1. The van der Waals surface area contributed by atoms with Crippen LogP contribution in [0.25, 0.3) is 0 Å². The van der Waals surface area contributed by atoms with E-state index in [0.717, 1.165) is 13.1 Å². The lowest BCUT2D eigenvalue weighted by molar-refractivity contribution is 0.0656. The fraction of sp³-hybridized carbons (Fsp3) is 0.263. The number of benzene rings is 2. The summed E-state index contributed by atoms with van der Waals surface area (Å²) in [4.78, 5) is 14.8. The highest BCUT2D eigenvalue weighted by atomic mass is 35.5. The number of rotatable bonds is 2. The van der Waals surface area contributed by atoms with Gasteiger partial charge in [-0.3, -0.25) is 4.79 Å². The second-order valence-corrected chi connectivity index (χ2v) is 8.24. The molecule has 9 heteroatoms. The maximum absolute atomic E-state index is 12.7. The van der Waals surface area contributed by atoms with Crippen molar-refractivity contribution in [3.63, 3.8) is 0 Å². The van der Waals surface area contributed by atoms with Crippen molar-refractivity contribution in [2.75, 3.05) is 25.0 Å². The summed E-state index contributed by atoms with van der Waals surface area (Å²) >= 11 is 0. The van der Waals surface area contributed by atoms with Gasteiger partial charge < -0.3 is 15.5 Å². The number of carbonyl (C=O) groups excluding carboxylic acids is 1. The molecule has 0 saturated carbocycles. The summed E-state index contributed by atoms with van der Waals surface area (Å²) in [6.45, 7) is 4.30. The van der Waals surface area contributed by atoms with Crippen LogP contribution in [0.5, 0.6) is 0 Å². The molecule has 28 heavy (non-hydrogen) atoms. The molecular formula is C19H21ClN4O3S. The third-order valence-corrected chi connectivity index (χ3v) is 6.12. The third-order valence-electron chi connectivity index (χ3n) is 4.79. The first-order chi connectivity index (χ1) is 13.0. The number of hydrogen-bond acceptors (Lipinski definition) is 5. The average molecular weight is 421 g/mol. The average Bonchev–Trinajstić information content (AvgIpc) is 2.93. The molecular weight excluding hydrogens is 400 g/mol. The molecule has 1 fully saturated rings. The summed E-state index contributed by atoms with van der Waals surface area (Å²) in [7, 11) is -3.66. The minimum Gasteiger partial charge on any atom is -0.339 e. The largest absolute Gasteiger partial charge is 0.339 e. The van der Waals surface area contributed by atoms with E-state index >= 15 is 0 Å². The van der Waals surface area contributed by atoms with Crippen LogP contribution in [0.3, 0.4) is 0 Å². The molecule has 7 nitrogen and oxygen atoms in total. The smallest absolute Gasteiger partial charge is 0.285 e. The number of halogens is 1. The molecule has 0 spiro atoms. The van der Waals surface area contributed by atoms with Crippen molar-refractivity contribution in [3.05, 3.63) is 59.7 Å². The maximum Gasteiger partial charge on any atom is 0.285 e. The van der Waals surface area contributed by atoms with E-state index in [4.69, 9.17) is 0 Å². The Bertz CT molecular complexity index is 1020. The van der Waals surface area contributed by atoms with Gasteiger partial charge in [0, 0.05) is 42.5 Å². The Balaban J connectivity index is 0.00000225. The van der Waals surface area contributed by atoms with Gasteiger partial charge in [-0.1, -0.05) is 12.1 Å². The third kappa shape index (κ3) is 3.76. The van der Waals surface area contributed by atoms with Gasteiger partial charge in [0.1, 0.15) is 4.90 Å². The zero-order chi connectivity index (χ0) is 19.0. The molecule has 2 N–H and O–H groups in total. The van der Waals surface area contributed by atoms with Gasteiger partial charge in [0.25, 0.3) is 15.9 Å². The van der Waals surface area contributed by atoms with E-state index in [1.165, 1.54) is 0 Å². The predicted octanol–water partition coefficient (Wildman–Crippen LogP) is 2.10. The first-order valence-electron chi connectivity index (χ1n) is 8.79. The van der Waals surface area contributed by atoms with Crippen LogP contribution in [0, 0.1) is 0 Å². The first kappa shape index (κ1) is 20.3. The minimum atomic E-state index is -3.66. The molecule has 1 unspecified atom stereocenters. The number of amides is 1. The highest BCUT2D eigenvalue weighted by molar-refractivity contribution is 7.90. The van der Waals surface area contributed by atoms with Gasteiger partial charge in [-0.05, 0) is 43.3 Å². The monoisotopic (exact) mass is 420 g/mol. The number of piperazine rings is 1. The van der Waals surface area contributed by atoms with E-state index < -0.39 is 10.0 Å². The molecule has 0 aliphatic carbocycles. The van der Waals surface area contributed by atoms with Crippen LogP contribution in [0.1, 0.15) is 22.8 Å². The molecule has 0 aromatic heterocycles. The highest BCUT2D eigenvalue weighted by Gasteiger charge is 2.28. The standard InChI is InChI=1S/C19H20N4O3S.ClH/c1-13-12-20-10-11-23(13)19(24)14-6-8-15(9-7-14)21-18-16-4-2-3-5-17(16)27(25,26)22-18;/h2-9,13,20H,10-12H2,1H3,(H,21,22);1H. The van der Waals surface area contributed by atoms with Crippen molar-refractivity contribution in [1.82, 2.24) is 10.2 Å². The Hall–Kier alpha value is -2.42. The normalized spacial score (nSPS) is 20.0. The highest BCUT2D eigenvalue weighted by Crippen LogP contribution is 2.26. The second-order valence-electron chi connectivity index (χ2n) is 6.67. The van der Waals surface area contributed by atoms with Crippen LogP contribution in [-0.2, 0) is 10.0 Å². The number of amidine groups is 1. The molecule has 2 aliphatic heterocycles. The summed E-state index contributed by atoms with van der Waals surface area (Å²) in [5, 5.41) is 6.31. The molecule has 0 radical (unpaired) electrons. The number of fused-ring (bicyclic) bond motifs is 1. The van der Waals surface area contributed by atoms with Crippen LogP contribution in [0.2, 0.25) is 0 Å². The van der Waals surface area contributed by atoms with Crippen LogP contribution < -0.4 is 10.6 Å². The molecule has 4 rings (SSSR count). The summed E-state index contributed by atoms with van der Waals surface area (Å²) in [6, 6.07) is 13.9. The Morgan fingerprint density at radius 2 is 1.89 bits per heavy atom. The van der Waals surface area contributed by atoms with Gasteiger partial charge in [-0.15, -0.1) is 16.8 Å². The Labute approximate surface area is 170 Å². The van der Waals surface area contributed by atoms with E-state index in [2.05, 4.69) is 15.0 Å². The van der Waals surface area contributed by atoms with Gasteiger partial charge in [0.2, 0.25) is 0 Å². The lowest BCUT2D eigenvalue weighted by Gasteiger charge is -2.34. The molecule has 2 aliphatic rings. The van der Waals surface area contributed by atoms with Crippen molar-refractivity contribution in [3.8, 4) is 0 Å². The van der Waals surface area contributed by atoms with E-state index in [-0.39, 0.29) is 29.3 Å². The number of carbonyl (C=O) groups is 1. The van der Waals surface area contributed by atoms with Crippen molar-refractivity contribution >= 4 is 39.9 Å². The fourth-order valence-corrected chi connectivity index (χ4v) is 4.51. The maximum atomic E-state index is 12.7. The SMILES string of the molecule is CC1CNCCN1C(=O)c1ccc(NC2=NS(=O)(=O)c3ccccc32)cc1.Cl. The van der Waals surface area contributed by atoms with Crippen molar-refractivity contribution in [2.45, 2.75) is 17.9 Å². The van der Waals surface area contributed by atoms with Crippen LogP contribution in [0.4, 0.5) is 5.69 Å². The van der Waals surface area contributed by atoms with E-state index in [1.54, 1.807) is 48.5 Å². The van der Waals surface area contributed by atoms with Gasteiger partial charge in [0.05, 0.1) is 0 Å². The number of sulfonamides is 1. The molecule has 2 heterocycles. The van der Waals surface area contributed by atoms with E-state index in [0.29, 0.717) is 29.2 Å². The molecule has 1 amide bonds. The van der Waals surface area contributed by atoms with Gasteiger partial charge in [-0.25, -0.2) is 0 Å². The number of anilines is 1. The second kappa shape index (κ2) is 7.90. The zero-order valence-electron chi connectivity index (χ0n) is 15.3. The topological polar surface area (TPSA) is 90.9 Å². The fourth-order valence-electron chi connectivity index (χ4n) is 3.34. The number of nitrogens with zero attached hydrogens (tertiary/aromatic N) is 2. The first-order valence-corrected chi connectivity index (χ1v) is 10.2. The number of nitrogens with one attached hydrogen (secondary N) is 2. The molecule has 1 atom stereocenters.